The van der Waals surface area contributed by atoms with Crippen LogP contribution in [0.4, 0.5) is 0 Å². The van der Waals surface area contributed by atoms with E-state index in [2.05, 4.69) is 37.9 Å². The smallest absolute Gasteiger partial charge is 0.0622 e. The average Bonchev–Trinajstić information content (AvgIpc) is 2.92. The number of hydrogen-bond acceptors (Lipinski definition) is 3. The molecule has 0 aromatic heterocycles. The largest absolute Gasteiger partial charge is 0.380 e. The van der Waals surface area contributed by atoms with Gasteiger partial charge in [0.05, 0.1) is 6.61 Å². The van der Waals surface area contributed by atoms with Crippen molar-refractivity contribution >= 4 is 0 Å². The normalized spacial score (nSPS) is 32.1. The Labute approximate surface area is 119 Å². The SMILES string of the molecule is CCC1(CC)CNC(CC(C)C)CN1C1CCOC1. The van der Waals surface area contributed by atoms with Crippen LogP contribution in [0.2, 0.25) is 0 Å². The fraction of sp³-hybridized carbons (Fsp3) is 1.00. The van der Waals surface area contributed by atoms with Gasteiger partial charge < -0.3 is 10.1 Å². The van der Waals surface area contributed by atoms with Gasteiger partial charge in [0, 0.05) is 37.3 Å². The van der Waals surface area contributed by atoms with Gasteiger partial charge in [-0.25, -0.2) is 0 Å². The quantitative estimate of drug-likeness (QED) is 0.829. The van der Waals surface area contributed by atoms with Crippen LogP contribution in [-0.4, -0.2) is 48.8 Å². The summed E-state index contributed by atoms with van der Waals surface area (Å²) in [5.74, 6) is 0.773. The molecule has 2 heterocycles. The summed E-state index contributed by atoms with van der Waals surface area (Å²) in [6.07, 6.45) is 4.98. The summed E-state index contributed by atoms with van der Waals surface area (Å²) in [5, 5.41) is 3.81. The monoisotopic (exact) mass is 268 g/mol. The molecule has 112 valence electrons. The molecule has 2 aliphatic heterocycles. The van der Waals surface area contributed by atoms with E-state index in [1.165, 1.54) is 32.2 Å². The highest BCUT2D eigenvalue weighted by molar-refractivity contribution is 5.00. The maximum atomic E-state index is 5.65. The second-order valence-corrected chi connectivity index (χ2v) is 6.81. The Morgan fingerprint density at radius 3 is 2.58 bits per heavy atom. The minimum Gasteiger partial charge on any atom is -0.380 e. The lowest BCUT2D eigenvalue weighted by Gasteiger charge is -2.52. The second-order valence-electron chi connectivity index (χ2n) is 6.81. The molecule has 2 atom stereocenters. The number of nitrogens with zero attached hydrogens (tertiary/aromatic N) is 1. The molecule has 0 radical (unpaired) electrons. The van der Waals surface area contributed by atoms with Crippen LogP contribution in [0.3, 0.4) is 0 Å². The Morgan fingerprint density at radius 2 is 2.05 bits per heavy atom. The molecule has 2 saturated heterocycles. The third-order valence-corrected chi connectivity index (χ3v) is 5.16. The Hall–Kier alpha value is -0.120. The lowest BCUT2D eigenvalue weighted by Crippen LogP contribution is -2.67. The first-order valence-corrected chi connectivity index (χ1v) is 8.19. The van der Waals surface area contributed by atoms with E-state index in [-0.39, 0.29) is 0 Å². The first kappa shape index (κ1) is 15.3. The van der Waals surface area contributed by atoms with Crippen LogP contribution in [0.25, 0.3) is 0 Å². The highest BCUT2D eigenvalue weighted by atomic mass is 16.5. The number of rotatable bonds is 5. The van der Waals surface area contributed by atoms with Crippen molar-refractivity contribution < 1.29 is 4.74 Å². The van der Waals surface area contributed by atoms with Gasteiger partial charge in [0.2, 0.25) is 0 Å². The summed E-state index contributed by atoms with van der Waals surface area (Å²) >= 11 is 0. The molecule has 2 unspecified atom stereocenters. The summed E-state index contributed by atoms with van der Waals surface area (Å²) in [5.41, 5.74) is 0.353. The Morgan fingerprint density at radius 1 is 1.32 bits per heavy atom. The number of piperazine rings is 1. The van der Waals surface area contributed by atoms with Gasteiger partial charge in [0.1, 0.15) is 0 Å². The standard InChI is InChI=1S/C16H32N2O/c1-5-16(6-2)12-17-14(9-13(3)4)10-18(16)15-7-8-19-11-15/h13-15,17H,5-12H2,1-4H3. The third-order valence-electron chi connectivity index (χ3n) is 5.16. The number of nitrogens with one attached hydrogen (secondary N) is 1. The van der Waals surface area contributed by atoms with Crippen LogP contribution in [0.5, 0.6) is 0 Å². The number of ether oxygens (including phenoxy) is 1. The van der Waals surface area contributed by atoms with Crippen LogP contribution in [0.15, 0.2) is 0 Å². The molecule has 2 rings (SSSR count). The van der Waals surface area contributed by atoms with Gasteiger partial charge in [-0.05, 0) is 31.6 Å². The average molecular weight is 268 g/mol. The molecule has 3 nitrogen and oxygen atoms in total. The van der Waals surface area contributed by atoms with Crippen molar-refractivity contribution in [3.63, 3.8) is 0 Å². The maximum absolute atomic E-state index is 5.65. The molecule has 19 heavy (non-hydrogen) atoms. The Kier molecular flexibility index (Phi) is 5.27. The minimum absolute atomic E-state index is 0.353. The topological polar surface area (TPSA) is 24.5 Å². The Balaban J connectivity index is 2.09. The second kappa shape index (κ2) is 6.55. The molecule has 0 bridgehead atoms. The molecule has 0 saturated carbocycles. The maximum Gasteiger partial charge on any atom is 0.0622 e. The molecule has 0 aromatic carbocycles. The van der Waals surface area contributed by atoms with Crippen molar-refractivity contribution in [1.82, 2.24) is 10.2 Å². The van der Waals surface area contributed by atoms with Gasteiger partial charge in [0.15, 0.2) is 0 Å². The van der Waals surface area contributed by atoms with Crippen LogP contribution >= 0.6 is 0 Å². The van der Waals surface area contributed by atoms with Crippen LogP contribution in [0.1, 0.15) is 53.4 Å². The molecule has 0 aliphatic carbocycles. The molecular weight excluding hydrogens is 236 g/mol. The van der Waals surface area contributed by atoms with E-state index in [0.717, 1.165) is 25.7 Å². The summed E-state index contributed by atoms with van der Waals surface area (Å²) in [6.45, 7) is 13.6. The molecule has 0 amide bonds. The van der Waals surface area contributed by atoms with E-state index >= 15 is 0 Å². The predicted molar refractivity (Wildman–Crippen MR) is 80.5 cm³/mol. The summed E-state index contributed by atoms with van der Waals surface area (Å²) < 4.78 is 5.65. The molecule has 3 heteroatoms. The first-order chi connectivity index (χ1) is 9.11. The van der Waals surface area contributed by atoms with Gasteiger partial charge in [-0.1, -0.05) is 27.7 Å². The number of hydrogen-bond donors (Lipinski definition) is 1. The third kappa shape index (κ3) is 3.32. The predicted octanol–water partition coefficient (Wildman–Crippen LogP) is 2.65. The van der Waals surface area contributed by atoms with Gasteiger partial charge in [-0.3, -0.25) is 4.90 Å². The lowest BCUT2D eigenvalue weighted by molar-refractivity contribution is -0.0108. The van der Waals surface area contributed by atoms with E-state index in [1.807, 2.05) is 0 Å². The summed E-state index contributed by atoms with van der Waals surface area (Å²) in [7, 11) is 0. The van der Waals surface area contributed by atoms with Crippen LogP contribution in [0, 0.1) is 5.92 Å². The Bertz CT molecular complexity index is 270. The molecule has 0 aromatic rings. The summed E-state index contributed by atoms with van der Waals surface area (Å²) in [6, 6.07) is 1.31. The zero-order chi connectivity index (χ0) is 13.9. The van der Waals surface area contributed by atoms with Gasteiger partial charge >= 0.3 is 0 Å². The zero-order valence-electron chi connectivity index (χ0n) is 13.2. The van der Waals surface area contributed by atoms with E-state index in [1.54, 1.807) is 0 Å². The summed E-state index contributed by atoms with van der Waals surface area (Å²) in [4.78, 5) is 2.80. The fourth-order valence-corrected chi connectivity index (χ4v) is 3.87. The van der Waals surface area contributed by atoms with E-state index in [4.69, 9.17) is 4.74 Å². The van der Waals surface area contributed by atoms with Gasteiger partial charge in [-0.2, -0.15) is 0 Å². The van der Waals surface area contributed by atoms with Gasteiger partial charge in [-0.15, -0.1) is 0 Å². The highest BCUT2D eigenvalue weighted by Crippen LogP contribution is 2.32. The molecule has 1 N–H and O–H groups in total. The molecule has 2 aliphatic rings. The molecular formula is C16H32N2O. The van der Waals surface area contributed by atoms with Crippen LogP contribution < -0.4 is 5.32 Å². The van der Waals surface area contributed by atoms with Crippen LogP contribution in [-0.2, 0) is 4.74 Å². The van der Waals surface area contributed by atoms with Gasteiger partial charge in [0.25, 0.3) is 0 Å². The highest BCUT2D eigenvalue weighted by Gasteiger charge is 2.43. The zero-order valence-corrected chi connectivity index (χ0v) is 13.2. The fourth-order valence-electron chi connectivity index (χ4n) is 3.87. The van der Waals surface area contributed by atoms with Crippen molar-refractivity contribution in [2.24, 2.45) is 5.92 Å². The minimum atomic E-state index is 0.353. The van der Waals surface area contributed by atoms with Crippen molar-refractivity contribution in [2.75, 3.05) is 26.3 Å². The lowest BCUT2D eigenvalue weighted by atomic mass is 9.84. The van der Waals surface area contributed by atoms with E-state index in [0.29, 0.717) is 17.6 Å². The van der Waals surface area contributed by atoms with E-state index < -0.39 is 0 Å². The molecule has 2 fully saturated rings. The van der Waals surface area contributed by atoms with Crippen molar-refractivity contribution in [3.8, 4) is 0 Å². The van der Waals surface area contributed by atoms with Crippen molar-refractivity contribution in [1.29, 1.82) is 0 Å². The first-order valence-electron chi connectivity index (χ1n) is 8.19. The molecule has 0 spiro atoms. The van der Waals surface area contributed by atoms with E-state index in [9.17, 15) is 0 Å². The van der Waals surface area contributed by atoms with Crippen molar-refractivity contribution in [3.05, 3.63) is 0 Å². The van der Waals surface area contributed by atoms with Crippen molar-refractivity contribution in [2.45, 2.75) is 71.0 Å².